The van der Waals surface area contributed by atoms with Crippen LogP contribution in [0.2, 0.25) is 5.02 Å². The van der Waals surface area contributed by atoms with Gasteiger partial charge >= 0.3 is 0 Å². The molecule has 0 saturated heterocycles. The van der Waals surface area contributed by atoms with Gasteiger partial charge < -0.3 is 5.32 Å². The van der Waals surface area contributed by atoms with Crippen LogP contribution in [0.15, 0.2) is 48.8 Å². The number of benzene rings is 1. The van der Waals surface area contributed by atoms with Gasteiger partial charge in [0.1, 0.15) is 0 Å². The van der Waals surface area contributed by atoms with Crippen LogP contribution >= 0.6 is 11.6 Å². The van der Waals surface area contributed by atoms with E-state index in [0.29, 0.717) is 0 Å². The maximum Gasteiger partial charge on any atom is 0.270 e. The zero-order chi connectivity index (χ0) is 16.4. The molecule has 116 valence electrons. The molecule has 0 fully saturated rings. The number of nitrogens with zero attached hydrogens (tertiary/aromatic N) is 3. The second-order valence-electron chi connectivity index (χ2n) is 4.80. The predicted molar refractivity (Wildman–Crippen MR) is 84.5 cm³/mol. The molecule has 0 unspecified atom stereocenters. The third kappa shape index (κ3) is 3.00. The minimum absolute atomic E-state index is 0.0670. The monoisotopic (exact) mass is 330 g/mol. The summed E-state index contributed by atoms with van der Waals surface area (Å²) in [5.74, 6) is -0.478. The molecular formula is C15H11ClN4O3. The van der Waals surface area contributed by atoms with Crippen LogP contribution in [-0.2, 0) is 6.54 Å². The number of pyridine rings is 1. The SMILES string of the molecule is O=C(NCc1cnn2ccccc12)c1cc([N+](=O)[O-])ccc1Cl. The maximum absolute atomic E-state index is 12.2. The summed E-state index contributed by atoms with van der Waals surface area (Å²) in [5.41, 5.74) is 1.59. The summed E-state index contributed by atoms with van der Waals surface area (Å²) in [6.07, 6.45) is 3.46. The minimum atomic E-state index is -0.571. The summed E-state index contributed by atoms with van der Waals surface area (Å²) in [6.45, 7) is 0.241. The van der Waals surface area contributed by atoms with Gasteiger partial charge in [0.2, 0.25) is 0 Å². The van der Waals surface area contributed by atoms with Gasteiger partial charge in [-0.2, -0.15) is 5.10 Å². The van der Waals surface area contributed by atoms with E-state index in [2.05, 4.69) is 10.4 Å². The molecule has 1 aromatic carbocycles. The molecule has 0 aliphatic rings. The quantitative estimate of drug-likeness (QED) is 0.588. The Balaban J connectivity index is 1.80. The largest absolute Gasteiger partial charge is 0.348 e. The molecule has 0 aliphatic heterocycles. The average Bonchev–Trinajstić information content (AvgIpc) is 2.96. The Labute approximate surface area is 135 Å². The summed E-state index contributed by atoms with van der Waals surface area (Å²) in [5, 5.41) is 17.8. The molecule has 0 bridgehead atoms. The van der Waals surface area contributed by atoms with Crippen molar-refractivity contribution < 1.29 is 9.72 Å². The van der Waals surface area contributed by atoms with Crippen molar-refractivity contribution in [1.29, 1.82) is 0 Å². The van der Waals surface area contributed by atoms with E-state index >= 15 is 0 Å². The number of halogens is 1. The van der Waals surface area contributed by atoms with Crippen molar-refractivity contribution in [1.82, 2.24) is 14.9 Å². The fourth-order valence-electron chi connectivity index (χ4n) is 2.20. The zero-order valence-corrected chi connectivity index (χ0v) is 12.5. The van der Waals surface area contributed by atoms with Crippen molar-refractivity contribution >= 4 is 28.7 Å². The van der Waals surface area contributed by atoms with E-state index in [0.717, 1.165) is 17.1 Å². The molecule has 0 aliphatic carbocycles. The second-order valence-corrected chi connectivity index (χ2v) is 5.21. The zero-order valence-electron chi connectivity index (χ0n) is 11.8. The highest BCUT2D eigenvalue weighted by Crippen LogP contribution is 2.22. The van der Waals surface area contributed by atoms with Gasteiger partial charge in [-0.1, -0.05) is 17.7 Å². The highest BCUT2D eigenvalue weighted by molar-refractivity contribution is 6.33. The first-order valence-corrected chi connectivity index (χ1v) is 7.07. The lowest BCUT2D eigenvalue weighted by Gasteiger charge is -2.06. The number of fused-ring (bicyclic) bond motifs is 1. The van der Waals surface area contributed by atoms with Crippen LogP contribution in [0.25, 0.3) is 5.52 Å². The number of amides is 1. The molecule has 7 nitrogen and oxygen atoms in total. The number of carbonyl (C=O) groups is 1. The average molecular weight is 331 g/mol. The molecule has 2 aromatic heterocycles. The van der Waals surface area contributed by atoms with Crippen molar-refractivity contribution in [3.63, 3.8) is 0 Å². The standard InChI is InChI=1S/C15H11ClN4O3/c16-13-5-4-11(20(22)23)7-12(13)15(21)17-8-10-9-18-19-6-2-1-3-14(10)19/h1-7,9H,8H2,(H,17,21). The maximum atomic E-state index is 12.2. The number of aromatic nitrogens is 2. The van der Waals surface area contributed by atoms with Crippen LogP contribution in [0.5, 0.6) is 0 Å². The Morgan fingerprint density at radius 1 is 1.35 bits per heavy atom. The van der Waals surface area contributed by atoms with Gasteiger partial charge in [-0.05, 0) is 18.2 Å². The van der Waals surface area contributed by atoms with Crippen LogP contribution < -0.4 is 5.32 Å². The lowest BCUT2D eigenvalue weighted by Crippen LogP contribution is -2.23. The molecule has 2 heterocycles. The van der Waals surface area contributed by atoms with Crippen LogP contribution in [-0.4, -0.2) is 20.4 Å². The van der Waals surface area contributed by atoms with Gasteiger partial charge in [-0.3, -0.25) is 14.9 Å². The molecule has 8 heteroatoms. The molecule has 1 N–H and O–H groups in total. The topological polar surface area (TPSA) is 89.5 Å². The first-order chi connectivity index (χ1) is 11.1. The third-order valence-electron chi connectivity index (χ3n) is 3.35. The molecule has 3 aromatic rings. The number of hydrogen-bond donors (Lipinski definition) is 1. The number of non-ortho nitro benzene ring substituents is 1. The van der Waals surface area contributed by atoms with Crippen LogP contribution in [0, 0.1) is 10.1 Å². The lowest BCUT2D eigenvalue weighted by molar-refractivity contribution is -0.384. The van der Waals surface area contributed by atoms with E-state index in [4.69, 9.17) is 11.6 Å². The highest BCUT2D eigenvalue weighted by atomic mass is 35.5. The van der Waals surface area contributed by atoms with Crippen molar-refractivity contribution in [2.24, 2.45) is 0 Å². The Hall–Kier alpha value is -2.93. The predicted octanol–water partition coefficient (Wildman–Crippen LogP) is 2.83. The fourth-order valence-corrected chi connectivity index (χ4v) is 2.40. The summed E-state index contributed by atoms with van der Waals surface area (Å²) >= 11 is 5.95. The number of nitrogens with one attached hydrogen (secondary N) is 1. The van der Waals surface area contributed by atoms with Crippen molar-refractivity contribution in [2.45, 2.75) is 6.54 Å². The van der Waals surface area contributed by atoms with E-state index in [1.807, 2.05) is 18.2 Å². The Bertz CT molecular complexity index is 907. The Morgan fingerprint density at radius 3 is 2.96 bits per heavy atom. The van der Waals surface area contributed by atoms with Crippen molar-refractivity contribution in [2.75, 3.05) is 0 Å². The van der Waals surface area contributed by atoms with Crippen LogP contribution in [0.3, 0.4) is 0 Å². The van der Waals surface area contributed by atoms with E-state index < -0.39 is 10.8 Å². The van der Waals surface area contributed by atoms with Gasteiger partial charge in [0, 0.05) is 30.4 Å². The third-order valence-corrected chi connectivity index (χ3v) is 3.68. The van der Waals surface area contributed by atoms with Crippen LogP contribution in [0.4, 0.5) is 5.69 Å². The summed E-state index contributed by atoms with van der Waals surface area (Å²) < 4.78 is 1.70. The normalized spacial score (nSPS) is 10.7. The first-order valence-electron chi connectivity index (χ1n) is 6.69. The second kappa shape index (κ2) is 6.05. The van der Waals surface area contributed by atoms with Gasteiger partial charge in [-0.15, -0.1) is 0 Å². The van der Waals surface area contributed by atoms with Crippen molar-refractivity contribution in [3.05, 3.63) is 75.1 Å². The number of hydrogen-bond acceptors (Lipinski definition) is 4. The summed E-state index contributed by atoms with van der Waals surface area (Å²) in [7, 11) is 0. The smallest absolute Gasteiger partial charge is 0.270 e. The fraction of sp³-hybridized carbons (Fsp3) is 0.0667. The molecule has 3 rings (SSSR count). The van der Waals surface area contributed by atoms with Crippen molar-refractivity contribution in [3.8, 4) is 0 Å². The van der Waals surface area contributed by atoms with E-state index in [-0.39, 0.29) is 22.8 Å². The van der Waals surface area contributed by atoms with Gasteiger partial charge in [-0.25, -0.2) is 4.52 Å². The molecule has 1 amide bonds. The number of rotatable bonds is 4. The highest BCUT2D eigenvalue weighted by Gasteiger charge is 2.16. The Morgan fingerprint density at radius 2 is 2.17 bits per heavy atom. The van der Waals surface area contributed by atoms with Gasteiger partial charge in [0.25, 0.3) is 11.6 Å². The number of nitro groups is 1. The Kier molecular flexibility index (Phi) is 3.94. The molecular weight excluding hydrogens is 320 g/mol. The van der Waals surface area contributed by atoms with E-state index in [9.17, 15) is 14.9 Å². The summed E-state index contributed by atoms with van der Waals surface area (Å²) in [4.78, 5) is 22.5. The lowest BCUT2D eigenvalue weighted by atomic mass is 10.2. The molecule has 23 heavy (non-hydrogen) atoms. The van der Waals surface area contributed by atoms with E-state index in [1.54, 1.807) is 16.9 Å². The summed E-state index contributed by atoms with van der Waals surface area (Å²) in [6, 6.07) is 9.36. The van der Waals surface area contributed by atoms with Gasteiger partial charge in [0.15, 0.2) is 0 Å². The van der Waals surface area contributed by atoms with Gasteiger partial charge in [0.05, 0.1) is 27.2 Å². The molecule has 0 atom stereocenters. The molecule has 0 saturated carbocycles. The van der Waals surface area contributed by atoms with E-state index in [1.165, 1.54) is 12.1 Å². The molecule has 0 spiro atoms. The first kappa shape index (κ1) is 15.0. The minimum Gasteiger partial charge on any atom is -0.348 e. The number of carbonyl (C=O) groups excluding carboxylic acids is 1. The van der Waals surface area contributed by atoms with Crippen LogP contribution in [0.1, 0.15) is 15.9 Å². The molecule has 0 radical (unpaired) electrons. The number of nitro benzene ring substituents is 1.